The summed E-state index contributed by atoms with van der Waals surface area (Å²) in [5.41, 5.74) is -0.0452. The van der Waals surface area contributed by atoms with E-state index in [0.29, 0.717) is 11.1 Å². The van der Waals surface area contributed by atoms with Gasteiger partial charge in [-0.15, -0.1) is 0 Å². The molecule has 1 aromatic rings. The monoisotopic (exact) mass is 394 g/mol. The van der Waals surface area contributed by atoms with Crippen LogP contribution in [0.1, 0.15) is 10.4 Å². The summed E-state index contributed by atoms with van der Waals surface area (Å²) in [6.45, 7) is 0.133. The Kier molecular flexibility index (Phi) is 6.94. The fourth-order valence-corrected chi connectivity index (χ4v) is 2.34. The first-order chi connectivity index (χ1) is 10.3. The number of nitrogens with one attached hydrogen (secondary N) is 1. The number of sulfonamides is 1. The van der Waals surface area contributed by atoms with E-state index in [2.05, 4.69) is 21.2 Å². The fourth-order valence-electron chi connectivity index (χ4n) is 1.39. The van der Waals surface area contributed by atoms with Crippen LogP contribution in [0.25, 0.3) is 0 Å². The molecule has 1 aromatic carbocycles. The van der Waals surface area contributed by atoms with E-state index in [1.165, 1.54) is 19.2 Å². The molecule has 0 atom stereocenters. The van der Waals surface area contributed by atoms with E-state index in [4.69, 9.17) is 14.6 Å². The van der Waals surface area contributed by atoms with Crippen molar-refractivity contribution >= 4 is 37.8 Å². The summed E-state index contributed by atoms with van der Waals surface area (Å²) in [6.07, 6.45) is 0. The highest BCUT2D eigenvalue weighted by atomic mass is 79.9. The van der Waals surface area contributed by atoms with Gasteiger partial charge in [0.1, 0.15) is 0 Å². The minimum atomic E-state index is -3.94. The van der Waals surface area contributed by atoms with Gasteiger partial charge in [-0.25, -0.2) is 18.4 Å². The average Bonchev–Trinajstić information content (AvgIpc) is 2.44. The number of esters is 1. The summed E-state index contributed by atoms with van der Waals surface area (Å²) in [6, 6.07) is 3.67. The van der Waals surface area contributed by atoms with Crippen LogP contribution in [0.15, 0.2) is 27.6 Å². The van der Waals surface area contributed by atoms with Crippen LogP contribution in [0.5, 0.6) is 0 Å². The number of ether oxygens (including phenoxy) is 2. The predicted octanol–water partition coefficient (Wildman–Crippen LogP) is 0.0159. The lowest BCUT2D eigenvalue weighted by Crippen LogP contribution is -2.31. The molecule has 0 saturated heterocycles. The van der Waals surface area contributed by atoms with Gasteiger partial charge >= 0.3 is 5.97 Å². The lowest BCUT2D eigenvalue weighted by molar-refractivity contribution is -0.124. The van der Waals surface area contributed by atoms with Gasteiger partial charge in [-0.3, -0.25) is 4.79 Å². The highest BCUT2D eigenvalue weighted by Gasteiger charge is 2.17. The van der Waals surface area contributed by atoms with Gasteiger partial charge in [0.15, 0.2) is 6.61 Å². The number of methoxy groups -OCH3 is 1. The predicted molar refractivity (Wildman–Crippen MR) is 80.7 cm³/mol. The standard InChI is InChI=1S/C12H15BrN2O6S/c1-20-5-4-15-11(16)7-21-12(17)9-6-8(22(14,18)19)2-3-10(9)13/h2-3,6H,4-5,7H2,1H3,(H,15,16)(H2,14,18,19). The van der Waals surface area contributed by atoms with Crippen molar-refractivity contribution in [1.29, 1.82) is 0 Å². The molecule has 0 saturated carbocycles. The maximum absolute atomic E-state index is 11.9. The maximum atomic E-state index is 11.9. The Morgan fingerprint density at radius 2 is 2.05 bits per heavy atom. The van der Waals surface area contributed by atoms with E-state index in [-0.39, 0.29) is 17.0 Å². The molecule has 22 heavy (non-hydrogen) atoms. The molecule has 0 unspecified atom stereocenters. The van der Waals surface area contributed by atoms with Crippen molar-refractivity contribution in [3.05, 3.63) is 28.2 Å². The minimum absolute atomic E-state index is 0.0452. The van der Waals surface area contributed by atoms with Gasteiger partial charge in [0.25, 0.3) is 5.91 Å². The van der Waals surface area contributed by atoms with Gasteiger partial charge in [-0.1, -0.05) is 0 Å². The molecule has 0 radical (unpaired) electrons. The van der Waals surface area contributed by atoms with Crippen molar-refractivity contribution in [2.24, 2.45) is 5.14 Å². The normalized spacial score (nSPS) is 11.0. The summed E-state index contributed by atoms with van der Waals surface area (Å²) in [7, 11) is -2.46. The third kappa shape index (κ3) is 5.72. The molecular weight excluding hydrogens is 380 g/mol. The number of amides is 1. The summed E-state index contributed by atoms with van der Waals surface area (Å²) in [5, 5.41) is 7.47. The molecule has 1 rings (SSSR count). The largest absolute Gasteiger partial charge is 0.452 e. The lowest BCUT2D eigenvalue weighted by Gasteiger charge is -2.08. The van der Waals surface area contributed by atoms with E-state index in [1.807, 2.05) is 0 Å². The molecule has 0 aliphatic heterocycles. The number of hydrogen-bond donors (Lipinski definition) is 2. The highest BCUT2D eigenvalue weighted by molar-refractivity contribution is 9.10. The summed E-state index contributed by atoms with van der Waals surface area (Å²) in [4.78, 5) is 23.1. The Balaban J connectivity index is 2.72. The van der Waals surface area contributed by atoms with Gasteiger partial charge in [-0.2, -0.15) is 0 Å². The van der Waals surface area contributed by atoms with Crippen LogP contribution < -0.4 is 10.5 Å². The van der Waals surface area contributed by atoms with Crippen LogP contribution in [0.4, 0.5) is 0 Å². The highest BCUT2D eigenvalue weighted by Crippen LogP contribution is 2.21. The Labute approximate surface area is 136 Å². The van der Waals surface area contributed by atoms with E-state index in [9.17, 15) is 18.0 Å². The lowest BCUT2D eigenvalue weighted by atomic mass is 10.2. The molecule has 0 spiro atoms. The summed E-state index contributed by atoms with van der Waals surface area (Å²) >= 11 is 3.10. The second-order valence-electron chi connectivity index (χ2n) is 4.11. The van der Waals surface area contributed by atoms with E-state index in [0.717, 1.165) is 6.07 Å². The van der Waals surface area contributed by atoms with Crippen molar-refractivity contribution in [3.63, 3.8) is 0 Å². The van der Waals surface area contributed by atoms with Gasteiger partial charge in [0.2, 0.25) is 10.0 Å². The maximum Gasteiger partial charge on any atom is 0.339 e. The number of primary sulfonamides is 1. The zero-order chi connectivity index (χ0) is 16.8. The van der Waals surface area contributed by atoms with Gasteiger partial charge < -0.3 is 14.8 Å². The second-order valence-corrected chi connectivity index (χ2v) is 6.52. The second kappa shape index (κ2) is 8.22. The molecule has 122 valence electrons. The summed E-state index contributed by atoms with van der Waals surface area (Å²) < 4.78 is 32.4. The molecule has 0 heterocycles. The topological polar surface area (TPSA) is 125 Å². The number of hydrogen-bond acceptors (Lipinski definition) is 6. The van der Waals surface area contributed by atoms with E-state index in [1.54, 1.807) is 0 Å². The molecule has 0 fully saturated rings. The molecule has 8 nitrogen and oxygen atoms in total. The molecule has 0 aliphatic carbocycles. The molecule has 0 bridgehead atoms. The zero-order valence-corrected chi connectivity index (χ0v) is 14.1. The van der Waals surface area contributed by atoms with Crippen LogP contribution in [0.2, 0.25) is 0 Å². The fraction of sp³-hybridized carbons (Fsp3) is 0.333. The van der Waals surface area contributed by atoms with Crippen LogP contribution in [-0.4, -0.2) is 47.2 Å². The number of benzene rings is 1. The third-order valence-electron chi connectivity index (χ3n) is 2.45. The van der Waals surface area contributed by atoms with Crippen molar-refractivity contribution < 1.29 is 27.5 Å². The first-order valence-corrected chi connectivity index (χ1v) is 8.34. The van der Waals surface area contributed by atoms with Crippen molar-refractivity contribution in [3.8, 4) is 0 Å². The van der Waals surface area contributed by atoms with Crippen LogP contribution in [0.3, 0.4) is 0 Å². The van der Waals surface area contributed by atoms with Crippen molar-refractivity contribution in [2.45, 2.75) is 4.90 Å². The smallest absolute Gasteiger partial charge is 0.339 e. The number of rotatable bonds is 7. The first-order valence-electron chi connectivity index (χ1n) is 6.01. The Morgan fingerprint density at radius 3 is 2.64 bits per heavy atom. The van der Waals surface area contributed by atoms with E-state index < -0.39 is 28.5 Å². The Bertz CT molecular complexity index is 662. The molecule has 10 heteroatoms. The minimum Gasteiger partial charge on any atom is -0.452 e. The molecule has 1 amide bonds. The van der Waals surface area contributed by atoms with E-state index >= 15 is 0 Å². The first kappa shape index (κ1) is 18.6. The summed E-state index contributed by atoms with van der Waals surface area (Å²) in [5.74, 6) is -1.34. The van der Waals surface area contributed by atoms with Gasteiger partial charge in [-0.05, 0) is 34.1 Å². The Morgan fingerprint density at radius 1 is 1.36 bits per heavy atom. The number of carbonyl (C=O) groups excluding carboxylic acids is 2. The van der Waals surface area contributed by atoms with Crippen molar-refractivity contribution in [1.82, 2.24) is 5.32 Å². The molecular formula is C12H15BrN2O6S. The van der Waals surface area contributed by atoms with Crippen LogP contribution >= 0.6 is 15.9 Å². The zero-order valence-electron chi connectivity index (χ0n) is 11.7. The molecule has 0 aliphatic rings. The van der Waals surface area contributed by atoms with Crippen LogP contribution in [-0.2, 0) is 24.3 Å². The number of nitrogens with two attached hydrogens (primary N) is 1. The number of carbonyl (C=O) groups is 2. The molecule has 3 N–H and O–H groups in total. The quantitative estimate of drug-likeness (QED) is 0.495. The van der Waals surface area contributed by atoms with Gasteiger partial charge in [0.05, 0.1) is 17.1 Å². The Hall–Kier alpha value is -1.49. The number of halogens is 1. The third-order valence-corrected chi connectivity index (χ3v) is 4.05. The average molecular weight is 395 g/mol. The van der Waals surface area contributed by atoms with Crippen LogP contribution in [0, 0.1) is 0 Å². The van der Waals surface area contributed by atoms with Gasteiger partial charge in [0, 0.05) is 18.1 Å². The van der Waals surface area contributed by atoms with Crippen molar-refractivity contribution in [2.75, 3.05) is 26.9 Å². The SMILES string of the molecule is COCCNC(=O)COC(=O)c1cc(S(N)(=O)=O)ccc1Br. The molecule has 0 aromatic heterocycles.